The Kier molecular flexibility index (Phi) is 5.64. The van der Waals surface area contributed by atoms with E-state index in [4.69, 9.17) is 0 Å². The summed E-state index contributed by atoms with van der Waals surface area (Å²) in [5.41, 5.74) is 1.06. The molecule has 0 saturated carbocycles. The smallest absolute Gasteiger partial charge is 0.0780 e. The molecule has 0 aliphatic heterocycles. The maximum Gasteiger partial charge on any atom is 0.0780 e. The van der Waals surface area contributed by atoms with Crippen molar-refractivity contribution in [1.29, 1.82) is 0 Å². The van der Waals surface area contributed by atoms with Crippen LogP contribution in [-0.4, -0.2) is 17.0 Å². The second-order valence-electron chi connectivity index (χ2n) is 4.08. The summed E-state index contributed by atoms with van der Waals surface area (Å²) in [7, 11) is 0. The molecule has 1 nitrogen and oxygen atoms in total. The number of aliphatic hydroxyl groups excluding tert-OH is 1. The van der Waals surface area contributed by atoms with Crippen LogP contribution in [-0.2, 0) is 0 Å². The van der Waals surface area contributed by atoms with Crippen molar-refractivity contribution < 1.29 is 5.11 Å². The molecule has 0 bridgehead atoms. The predicted octanol–water partition coefficient (Wildman–Crippen LogP) is 3.74. The highest BCUT2D eigenvalue weighted by molar-refractivity contribution is 7.99. The molecule has 0 unspecified atom stereocenters. The number of benzene rings is 1. The molecule has 16 heavy (non-hydrogen) atoms. The molecule has 1 aromatic carbocycles. The molecule has 1 rings (SSSR count). The van der Waals surface area contributed by atoms with Crippen LogP contribution in [0.3, 0.4) is 0 Å². The summed E-state index contributed by atoms with van der Waals surface area (Å²) in [5.74, 6) is 1.22. The minimum absolute atomic E-state index is 0.279. The lowest BCUT2D eigenvalue weighted by Gasteiger charge is -2.19. The predicted molar refractivity (Wildman–Crippen MR) is 71.8 cm³/mol. The van der Waals surface area contributed by atoms with Gasteiger partial charge in [0.25, 0.3) is 0 Å². The number of hydrogen-bond donors (Lipinski definition) is 1. The van der Waals surface area contributed by atoms with Crippen molar-refractivity contribution >= 4 is 11.8 Å². The molecule has 2 heteroatoms. The summed E-state index contributed by atoms with van der Waals surface area (Å²) < 4.78 is 0. The molecule has 0 aliphatic rings. The van der Waals surface area contributed by atoms with Crippen LogP contribution in [0.25, 0.3) is 0 Å². The molecular formula is C14H20OS. The number of allylic oxidation sites excluding steroid dienone is 1. The highest BCUT2D eigenvalue weighted by Crippen LogP contribution is 2.23. The van der Waals surface area contributed by atoms with Crippen LogP contribution in [0.15, 0.2) is 46.9 Å². The van der Waals surface area contributed by atoms with Gasteiger partial charge < -0.3 is 5.11 Å². The maximum atomic E-state index is 9.98. The minimum atomic E-state index is -0.318. The Balaban J connectivity index is 2.44. The van der Waals surface area contributed by atoms with Gasteiger partial charge in [-0.05, 0) is 37.5 Å². The average Bonchev–Trinajstić information content (AvgIpc) is 2.35. The van der Waals surface area contributed by atoms with Crippen molar-refractivity contribution in [2.75, 3.05) is 5.75 Å². The summed E-state index contributed by atoms with van der Waals surface area (Å²) in [5, 5.41) is 9.98. The third kappa shape index (κ3) is 4.03. The molecule has 0 heterocycles. The van der Waals surface area contributed by atoms with E-state index in [0.717, 1.165) is 11.3 Å². The molecule has 0 amide bonds. The summed E-state index contributed by atoms with van der Waals surface area (Å²) >= 11 is 1.80. The van der Waals surface area contributed by atoms with Crippen molar-refractivity contribution in [3.63, 3.8) is 0 Å². The second-order valence-corrected chi connectivity index (χ2v) is 5.17. The van der Waals surface area contributed by atoms with Gasteiger partial charge in [0, 0.05) is 10.6 Å². The molecule has 0 spiro atoms. The zero-order chi connectivity index (χ0) is 12.0. The van der Waals surface area contributed by atoms with Gasteiger partial charge in [-0.15, -0.1) is 11.8 Å². The zero-order valence-corrected chi connectivity index (χ0v) is 11.0. The standard InChI is InChI=1S/C14H20OS/c1-4-11(2)14(15)12(3)10-16-13-8-6-5-7-9-13/h4-9,12,14-15H,10H2,1-3H3/b11-4+/t12-,14+/m1/s1. The Labute approximate surface area is 103 Å². The molecular weight excluding hydrogens is 216 g/mol. The van der Waals surface area contributed by atoms with Crippen LogP contribution < -0.4 is 0 Å². The molecule has 88 valence electrons. The average molecular weight is 236 g/mol. The first-order valence-electron chi connectivity index (χ1n) is 5.64. The van der Waals surface area contributed by atoms with Gasteiger partial charge in [-0.3, -0.25) is 0 Å². The fraction of sp³-hybridized carbons (Fsp3) is 0.429. The minimum Gasteiger partial charge on any atom is -0.388 e. The van der Waals surface area contributed by atoms with Gasteiger partial charge in [0.1, 0.15) is 0 Å². The molecule has 0 saturated heterocycles. The molecule has 0 fully saturated rings. The zero-order valence-electron chi connectivity index (χ0n) is 10.2. The summed E-state index contributed by atoms with van der Waals surface area (Å²) in [6.07, 6.45) is 1.66. The first kappa shape index (κ1) is 13.3. The Morgan fingerprint density at radius 1 is 1.38 bits per heavy atom. The fourth-order valence-electron chi connectivity index (χ4n) is 1.46. The van der Waals surface area contributed by atoms with Crippen LogP contribution in [0, 0.1) is 5.92 Å². The largest absolute Gasteiger partial charge is 0.388 e. The van der Waals surface area contributed by atoms with Gasteiger partial charge in [0.2, 0.25) is 0 Å². The molecule has 0 aliphatic carbocycles. The van der Waals surface area contributed by atoms with E-state index >= 15 is 0 Å². The highest BCUT2D eigenvalue weighted by Gasteiger charge is 2.15. The highest BCUT2D eigenvalue weighted by atomic mass is 32.2. The maximum absolute atomic E-state index is 9.98. The molecule has 0 aromatic heterocycles. The van der Waals surface area contributed by atoms with Gasteiger partial charge in [0.15, 0.2) is 0 Å². The Morgan fingerprint density at radius 3 is 2.56 bits per heavy atom. The van der Waals surface area contributed by atoms with Gasteiger partial charge in [-0.2, -0.15) is 0 Å². The lowest BCUT2D eigenvalue weighted by molar-refractivity contribution is 0.162. The Bertz CT molecular complexity index is 332. The topological polar surface area (TPSA) is 20.2 Å². The van der Waals surface area contributed by atoms with Crippen LogP contribution in [0.4, 0.5) is 0 Å². The van der Waals surface area contributed by atoms with Crippen molar-refractivity contribution in [2.45, 2.75) is 31.8 Å². The van der Waals surface area contributed by atoms with E-state index in [-0.39, 0.29) is 12.0 Å². The SMILES string of the molecule is C/C=C(\C)[C@H](O)[C@H](C)CSc1ccccc1. The number of aliphatic hydroxyl groups is 1. The van der Waals surface area contributed by atoms with Gasteiger partial charge in [0.05, 0.1) is 6.10 Å². The van der Waals surface area contributed by atoms with Crippen molar-refractivity contribution in [3.05, 3.63) is 42.0 Å². The molecule has 2 atom stereocenters. The lowest BCUT2D eigenvalue weighted by atomic mass is 10.0. The van der Waals surface area contributed by atoms with Gasteiger partial charge >= 0.3 is 0 Å². The quantitative estimate of drug-likeness (QED) is 0.621. The van der Waals surface area contributed by atoms with Crippen LogP contribution in [0.1, 0.15) is 20.8 Å². The van der Waals surface area contributed by atoms with E-state index < -0.39 is 0 Å². The van der Waals surface area contributed by atoms with E-state index in [1.165, 1.54) is 4.90 Å². The summed E-state index contributed by atoms with van der Waals surface area (Å²) in [4.78, 5) is 1.26. The Hall–Kier alpha value is -0.730. The molecule has 0 radical (unpaired) electrons. The lowest BCUT2D eigenvalue weighted by Crippen LogP contribution is -2.20. The van der Waals surface area contributed by atoms with Crippen molar-refractivity contribution in [3.8, 4) is 0 Å². The number of rotatable bonds is 5. The molecule has 1 aromatic rings. The number of hydrogen-bond acceptors (Lipinski definition) is 2. The summed E-state index contributed by atoms with van der Waals surface area (Å²) in [6, 6.07) is 10.3. The van der Waals surface area contributed by atoms with Gasteiger partial charge in [-0.1, -0.05) is 31.2 Å². The van der Waals surface area contributed by atoms with E-state index in [1.807, 2.05) is 38.1 Å². The summed E-state index contributed by atoms with van der Waals surface area (Å²) in [6.45, 7) is 6.04. The van der Waals surface area contributed by atoms with Crippen LogP contribution in [0.2, 0.25) is 0 Å². The Morgan fingerprint density at radius 2 is 2.00 bits per heavy atom. The third-order valence-electron chi connectivity index (χ3n) is 2.72. The van der Waals surface area contributed by atoms with Crippen molar-refractivity contribution in [1.82, 2.24) is 0 Å². The van der Waals surface area contributed by atoms with E-state index in [9.17, 15) is 5.11 Å². The van der Waals surface area contributed by atoms with Gasteiger partial charge in [-0.25, -0.2) is 0 Å². The van der Waals surface area contributed by atoms with Crippen LogP contribution >= 0.6 is 11.8 Å². The molecule has 1 N–H and O–H groups in total. The van der Waals surface area contributed by atoms with E-state index in [0.29, 0.717) is 0 Å². The van der Waals surface area contributed by atoms with Crippen LogP contribution in [0.5, 0.6) is 0 Å². The monoisotopic (exact) mass is 236 g/mol. The first-order chi connectivity index (χ1) is 7.65. The third-order valence-corrected chi connectivity index (χ3v) is 4.01. The fourth-order valence-corrected chi connectivity index (χ4v) is 2.44. The first-order valence-corrected chi connectivity index (χ1v) is 6.62. The normalized spacial score (nSPS) is 15.9. The van der Waals surface area contributed by atoms with E-state index in [1.54, 1.807) is 11.8 Å². The second kappa shape index (κ2) is 6.77. The van der Waals surface area contributed by atoms with E-state index in [2.05, 4.69) is 19.1 Å². The van der Waals surface area contributed by atoms with Crippen molar-refractivity contribution in [2.24, 2.45) is 5.92 Å². The number of thioether (sulfide) groups is 1.